The van der Waals surface area contributed by atoms with Gasteiger partial charge in [-0.25, -0.2) is 0 Å². The number of hydrogen-bond donors (Lipinski definition) is 1. The summed E-state index contributed by atoms with van der Waals surface area (Å²) in [7, 11) is 0. The van der Waals surface area contributed by atoms with Crippen molar-refractivity contribution in [3.63, 3.8) is 0 Å². The second-order valence-electron chi connectivity index (χ2n) is 5.09. The van der Waals surface area contributed by atoms with Gasteiger partial charge in [0.25, 0.3) is 0 Å². The Kier molecular flexibility index (Phi) is 3.74. The second kappa shape index (κ2) is 5.85. The van der Waals surface area contributed by atoms with Crippen LogP contribution in [0.1, 0.15) is 22.8 Å². The molecule has 3 rings (SSSR count). The Morgan fingerprint density at radius 2 is 1.86 bits per heavy atom. The number of benzene rings is 2. The maximum Gasteiger partial charge on any atom is 0.221 e. The molecule has 0 radical (unpaired) electrons. The van der Waals surface area contributed by atoms with Gasteiger partial charge in [-0.3, -0.25) is 9.59 Å². The molecule has 1 aliphatic rings. The molecule has 2 aromatic carbocycles. The van der Waals surface area contributed by atoms with Gasteiger partial charge in [0, 0.05) is 18.2 Å². The minimum atomic E-state index is -0.112. The number of hydrogen-bond acceptors (Lipinski definition) is 3. The normalized spacial score (nSPS) is 15.1. The van der Waals surface area contributed by atoms with Gasteiger partial charge in [0.15, 0.2) is 5.78 Å². The van der Waals surface area contributed by atoms with Crippen LogP contribution in [0, 0.1) is 0 Å². The van der Waals surface area contributed by atoms with Gasteiger partial charge in [-0.05, 0) is 35.9 Å². The lowest BCUT2D eigenvalue weighted by molar-refractivity contribution is -0.114. The van der Waals surface area contributed by atoms with Gasteiger partial charge >= 0.3 is 0 Å². The average Bonchev–Trinajstić information content (AvgIpc) is 2.52. The molecule has 0 aromatic heterocycles. The van der Waals surface area contributed by atoms with Gasteiger partial charge in [-0.15, -0.1) is 0 Å². The summed E-state index contributed by atoms with van der Waals surface area (Å²) in [4.78, 5) is 23.4. The number of rotatable bonds is 2. The Bertz CT molecular complexity index is 760. The summed E-state index contributed by atoms with van der Waals surface area (Å²) in [6, 6.07) is 14.5. The van der Waals surface area contributed by atoms with Gasteiger partial charge < -0.3 is 10.1 Å². The first kappa shape index (κ1) is 14.1. The lowest BCUT2D eigenvalue weighted by atomic mass is 9.98. The van der Waals surface area contributed by atoms with E-state index in [0.29, 0.717) is 16.9 Å². The van der Waals surface area contributed by atoms with E-state index in [4.69, 9.17) is 4.74 Å². The molecule has 4 nitrogen and oxygen atoms in total. The fourth-order valence-electron chi connectivity index (χ4n) is 2.35. The number of nitrogens with one attached hydrogen (secondary N) is 1. The zero-order chi connectivity index (χ0) is 15.5. The van der Waals surface area contributed by atoms with Crippen LogP contribution in [0.5, 0.6) is 5.75 Å². The van der Waals surface area contributed by atoms with Crippen LogP contribution >= 0.6 is 0 Å². The predicted molar refractivity (Wildman–Crippen MR) is 85.0 cm³/mol. The van der Waals surface area contributed by atoms with Gasteiger partial charge in [0.2, 0.25) is 5.91 Å². The van der Waals surface area contributed by atoms with Gasteiger partial charge in [-0.2, -0.15) is 0 Å². The Balaban J connectivity index is 1.84. The highest BCUT2D eigenvalue weighted by atomic mass is 16.5. The molecule has 1 amide bonds. The number of Topliss-reactive ketones (excluding diaryl/α,β-unsaturated/α-hetero) is 1. The highest BCUT2D eigenvalue weighted by molar-refractivity contribution is 6.14. The molecular weight excluding hydrogens is 278 g/mol. The van der Waals surface area contributed by atoms with Crippen molar-refractivity contribution in [3.05, 3.63) is 65.2 Å². The third-order valence-electron chi connectivity index (χ3n) is 3.38. The standard InChI is InChI=1S/C18H15NO3/c1-12(20)19-15-8-6-13(7-9-15)10-14-11-22-17-5-3-2-4-16(17)18(14)21/h2-10H,11H2,1H3,(H,19,20)/b14-10+. The van der Waals surface area contributed by atoms with Crippen LogP contribution in [0.2, 0.25) is 0 Å². The van der Waals surface area contributed by atoms with Crippen LogP contribution < -0.4 is 10.1 Å². The average molecular weight is 293 g/mol. The highest BCUT2D eigenvalue weighted by Gasteiger charge is 2.22. The molecule has 22 heavy (non-hydrogen) atoms. The molecule has 0 saturated carbocycles. The molecule has 0 fully saturated rings. The summed E-state index contributed by atoms with van der Waals surface area (Å²) in [6.45, 7) is 1.73. The maximum atomic E-state index is 12.4. The first-order valence-corrected chi connectivity index (χ1v) is 6.98. The summed E-state index contributed by atoms with van der Waals surface area (Å²) in [5.41, 5.74) is 2.83. The molecule has 4 heteroatoms. The highest BCUT2D eigenvalue weighted by Crippen LogP contribution is 2.27. The number of fused-ring (bicyclic) bond motifs is 1. The maximum absolute atomic E-state index is 12.4. The third-order valence-corrected chi connectivity index (χ3v) is 3.38. The van der Waals surface area contributed by atoms with E-state index in [9.17, 15) is 9.59 Å². The van der Waals surface area contributed by atoms with Crippen molar-refractivity contribution < 1.29 is 14.3 Å². The Hall–Kier alpha value is -2.88. The van der Waals surface area contributed by atoms with Crippen molar-refractivity contribution in [1.29, 1.82) is 0 Å². The van der Waals surface area contributed by atoms with E-state index in [1.54, 1.807) is 24.3 Å². The van der Waals surface area contributed by atoms with E-state index < -0.39 is 0 Å². The molecule has 0 aliphatic carbocycles. The minimum absolute atomic E-state index is 0.00668. The van der Waals surface area contributed by atoms with Gasteiger partial charge in [0.1, 0.15) is 12.4 Å². The van der Waals surface area contributed by atoms with Crippen molar-refractivity contribution in [3.8, 4) is 5.75 Å². The van der Waals surface area contributed by atoms with Crippen LogP contribution in [-0.4, -0.2) is 18.3 Å². The molecule has 0 unspecified atom stereocenters. The molecule has 2 aromatic rings. The summed E-state index contributed by atoms with van der Waals surface area (Å²) in [5.74, 6) is 0.511. The molecule has 0 atom stereocenters. The lowest BCUT2D eigenvalue weighted by Gasteiger charge is -2.18. The van der Waals surface area contributed by atoms with Crippen LogP contribution in [-0.2, 0) is 4.79 Å². The van der Waals surface area contributed by atoms with E-state index in [1.165, 1.54) is 6.92 Å². The zero-order valence-corrected chi connectivity index (χ0v) is 12.1. The quantitative estimate of drug-likeness (QED) is 0.864. The number of para-hydroxylation sites is 1. The molecule has 0 spiro atoms. The van der Waals surface area contributed by atoms with Crippen molar-refractivity contribution in [1.82, 2.24) is 0 Å². The summed E-state index contributed by atoms with van der Waals surface area (Å²) < 4.78 is 5.61. The third kappa shape index (κ3) is 2.91. The predicted octanol–water partition coefficient (Wildman–Crippen LogP) is 3.30. The zero-order valence-electron chi connectivity index (χ0n) is 12.1. The van der Waals surface area contributed by atoms with Crippen LogP contribution in [0.25, 0.3) is 6.08 Å². The van der Waals surface area contributed by atoms with Gasteiger partial charge in [0.05, 0.1) is 5.56 Å². The summed E-state index contributed by atoms with van der Waals surface area (Å²) in [5, 5.41) is 2.71. The Morgan fingerprint density at radius 1 is 1.14 bits per heavy atom. The molecule has 0 bridgehead atoms. The van der Waals surface area contributed by atoms with Crippen molar-refractivity contribution in [2.24, 2.45) is 0 Å². The number of ether oxygens (including phenoxy) is 1. The monoisotopic (exact) mass is 293 g/mol. The number of carbonyl (C=O) groups excluding carboxylic acids is 2. The number of anilines is 1. The molecular formula is C18H15NO3. The van der Waals surface area contributed by atoms with E-state index in [-0.39, 0.29) is 18.3 Å². The second-order valence-corrected chi connectivity index (χ2v) is 5.09. The summed E-state index contributed by atoms with van der Waals surface area (Å²) in [6.07, 6.45) is 1.82. The first-order valence-electron chi connectivity index (χ1n) is 6.98. The molecule has 0 saturated heterocycles. The van der Waals surface area contributed by atoms with Crippen molar-refractivity contribution in [2.45, 2.75) is 6.92 Å². The van der Waals surface area contributed by atoms with E-state index in [2.05, 4.69) is 5.32 Å². The minimum Gasteiger partial charge on any atom is -0.488 e. The molecule has 1 heterocycles. The number of ketones is 1. The first-order chi connectivity index (χ1) is 10.6. The lowest BCUT2D eigenvalue weighted by Crippen LogP contribution is -2.18. The Labute approximate surface area is 128 Å². The molecule has 110 valence electrons. The fourth-order valence-corrected chi connectivity index (χ4v) is 2.35. The smallest absolute Gasteiger partial charge is 0.221 e. The fraction of sp³-hybridized carbons (Fsp3) is 0.111. The summed E-state index contributed by atoms with van der Waals surface area (Å²) >= 11 is 0. The van der Waals surface area contributed by atoms with Crippen molar-refractivity contribution in [2.75, 3.05) is 11.9 Å². The van der Waals surface area contributed by atoms with Crippen LogP contribution in [0.15, 0.2) is 54.1 Å². The molecule has 1 aliphatic heterocycles. The topological polar surface area (TPSA) is 55.4 Å². The van der Waals surface area contributed by atoms with E-state index in [1.807, 2.05) is 30.3 Å². The van der Waals surface area contributed by atoms with E-state index in [0.717, 1.165) is 11.3 Å². The van der Waals surface area contributed by atoms with Crippen molar-refractivity contribution >= 4 is 23.5 Å². The van der Waals surface area contributed by atoms with E-state index >= 15 is 0 Å². The van der Waals surface area contributed by atoms with Crippen LogP contribution in [0.4, 0.5) is 5.69 Å². The number of amides is 1. The SMILES string of the molecule is CC(=O)Nc1ccc(/C=C2\COc3ccccc3C2=O)cc1. The van der Waals surface area contributed by atoms with Gasteiger partial charge in [-0.1, -0.05) is 24.3 Å². The largest absolute Gasteiger partial charge is 0.488 e. The van der Waals surface area contributed by atoms with Crippen LogP contribution in [0.3, 0.4) is 0 Å². The molecule has 1 N–H and O–H groups in total. The Morgan fingerprint density at radius 3 is 2.59 bits per heavy atom. The number of carbonyl (C=O) groups is 2.